The van der Waals surface area contributed by atoms with Gasteiger partial charge in [0, 0.05) is 22.4 Å². The molecule has 0 bridgehead atoms. The Morgan fingerprint density at radius 2 is 1.67 bits per heavy atom. The van der Waals surface area contributed by atoms with E-state index < -0.39 is 24.0 Å². The maximum atomic E-state index is 15.0. The van der Waals surface area contributed by atoms with E-state index in [1.165, 1.54) is 84.9 Å². The molecule has 11 heteroatoms. The molecule has 0 spiro atoms. The number of fused-ring (bicyclic) bond motifs is 1. The molecule has 5 rings (SSSR count). The van der Waals surface area contributed by atoms with Crippen LogP contribution in [0.4, 0.5) is 20.2 Å². The molecule has 2 N–H and O–H groups in total. The predicted octanol–water partition coefficient (Wildman–Crippen LogP) is 6.36. The number of aromatic nitrogens is 2. The fourth-order valence-corrected chi connectivity index (χ4v) is 4.36. The van der Waals surface area contributed by atoms with Crippen LogP contribution < -0.4 is 15.0 Å². The lowest BCUT2D eigenvalue weighted by Gasteiger charge is -2.31. The van der Waals surface area contributed by atoms with Gasteiger partial charge in [-0.3, -0.25) is 9.59 Å². The zero-order valence-electron chi connectivity index (χ0n) is 24.5. The third-order valence-corrected chi connectivity index (χ3v) is 6.38. The fraction of sp³-hybridized carbons (Fsp3) is 0.250. The third-order valence-electron chi connectivity index (χ3n) is 6.38. The van der Waals surface area contributed by atoms with Gasteiger partial charge >= 0.3 is 0 Å². The van der Waals surface area contributed by atoms with Crippen LogP contribution in [-0.2, 0) is 5.92 Å². The Labute approximate surface area is 248 Å². The quantitative estimate of drug-likeness (QED) is 0.270. The van der Waals surface area contributed by atoms with Gasteiger partial charge in [-0.05, 0) is 30.3 Å². The molecule has 9 nitrogen and oxygen atoms in total. The first-order valence-corrected chi connectivity index (χ1v) is 13.8. The molecule has 1 atom stereocenters. The van der Waals surface area contributed by atoms with E-state index in [4.69, 9.17) is 4.74 Å². The molecule has 1 aromatic heterocycles. The molecule has 2 amide bonds. The van der Waals surface area contributed by atoms with Crippen molar-refractivity contribution in [3.05, 3.63) is 107 Å². The number of nitriles is 1. The summed E-state index contributed by atoms with van der Waals surface area (Å²) in [5.74, 6) is -4.15. The van der Waals surface area contributed by atoms with Gasteiger partial charge in [0.05, 0.1) is 31.1 Å². The first-order chi connectivity index (χ1) is 20.7. The second kappa shape index (κ2) is 14.2. The second-order valence-corrected chi connectivity index (χ2v) is 8.72. The van der Waals surface area contributed by atoms with Crippen molar-refractivity contribution < 1.29 is 28.2 Å². The molecular weight excluding hydrogens is 556 g/mol. The largest absolute Gasteiger partial charge is 0.495 e. The normalized spacial score (nSPS) is 13.8. The van der Waals surface area contributed by atoms with E-state index in [2.05, 4.69) is 10.4 Å². The molecule has 0 unspecified atom stereocenters. The number of carbonyl (C=O) groups excluding carboxylic acids is 2. The van der Waals surface area contributed by atoms with E-state index in [1.54, 1.807) is 6.07 Å². The standard InChI is InChI=1S/C28H21F2N5O4.2C2H6/c1-39-23-12-7-17(13-18(23)14-31)26(37)33-22-15-32-35-24(36)16-34(27(38)25(22)35)21-10-8-20(9-11-21)28(29,30)19-5-3-2-4-6-19;2*1-2/h2-13,15,24,36H,16H2,1H3,(H,33,37);2*1-2H3/t24-;;/m1../s1. The highest BCUT2D eigenvalue weighted by Gasteiger charge is 2.37. The van der Waals surface area contributed by atoms with Crippen molar-refractivity contribution in [2.75, 3.05) is 23.9 Å². The molecule has 2 heterocycles. The second-order valence-electron chi connectivity index (χ2n) is 8.72. The molecule has 0 radical (unpaired) electrons. The van der Waals surface area contributed by atoms with E-state index in [0.717, 1.165) is 4.68 Å². The van der Waals surface area contributed by atoms with E-state index in [-0.39, 0.29) is 45.9 Å². The molecule has 4 aromatic rings. The fourth-order valence-electron chi connectivity index (χ4n) is 4.36. The molecule has 3 aromatic carbocycles. The van der Waals surface area contributed by atoms with Gasteiger partial charge in [0.1, 0.15) is 11.8 Å². The lowest BCUT2D eigenvalue weighted by molar-refractivity contribution is 0.0428. The number of β-amino-alcohol motifs (C(OH)–C–C–N with tert-alkyl or cyclic N) is 1. The van der Waals surface area contributed by atoms with E-state index in [9.17, 15) is 28.7 Å². The lowest BCUT2D eigenvalue weighted by Crippen LogP contribution is -2.43. The topological polar surface area (TPSA) is 120 Å². The molecule has 43 heavy (non-hydrogen) atoms. The number of anilines is 2. The number of alkyl halides is 2. The zero-order chi connectivity index (χ0) is 31.7. The Bertz CT molecular complexity index is 1600. The van der Waals surface area contributed by atoms with Gasteiger partial charge in [0.15, 0.2) is 11.9 Å². The van der Waals surface area contributed by atoms with Crippen molar-refractivity contribution in [3.63, 3.8) is 0 Å². The summed E-state index contributed by atoms with van der Waals surface area (Å²) in [6.45, 7) is 7.82. The molecule has 1 aliphatic rings. The molecular formula is C32H33F2N5O4. The Morgan fingerprint density at radius 3 is 2.28 bits per heavy atom. The summed E-state index contributed by atoms with van der Waals surface area (Å²) >= 11 is 0. The SMILES string of the molecule is CC.CC.COc1ccc(C(=O)Nc2cnn3c2C(=O)N(c2ccc(C(F)(F)c4ccccc4)cc2)C[C@H]3O)cc1C#N. The van der Waals surface area contributed by atoms with E-state index >= 15 is 0 Å². The van der Waals surface area contributed by atoms with Crippen molar-refractivity contribution in [1.82, 2.24) is 9.78 Å². The van der Waals surface area contributed by atoms with Gasteiger partial charge in [-0.15, -0.1) is 0 Å². The number of amides is 2. The number of aliphatic hydroxyl groups excluding tert-OH is 1. The molecule has 0 saturated carbocycles. The summed E-state index contributed by atoms with van der Waals surface area (Å²) < 4.78 is 36.1. The van der Waals surface area contributed by atoms with E-state index in [1.807, 2.05) is 33.8 Å². The highest BCUT2D eigenvalue weighted by molar-refractivity contribution is 6.13. The molecule has 224 valence electrons. The summed E-state index contributed by atoms with van der Waals surface area (Å²) in [5, 5.41) is 26.6. The maximum Gasteiger partial charge on any atom is 0.298 e. The minimum Gasteiger partial charge on any atom is -0.495 e. The van der Waals surface area contributed by atoms with Crippen LogP contribution in [0.2, 0.25) is 0 Å². The van der Waals surface area contributed by atoms with E-state index in [0.29, 0.717) is 5.75 Å². The molecule has 0 fully saturated rings. The number of nitrogens with zero attached hydrogens (tertiary/aromatic N) is 4. The van der Waals surface area contributed by atoms with Crippen molar-refractivity contribution in [2.24, 2.45) is 0 Å². The van der Waals surface area contributed by atoms with Crippen LogP contribution >= 0.6 is 0 Å². The maximum absolute atomic E-state index is 15.0. The van der Waals surface area contributed by atoms with Crippen LogP contribution in [-0.4, -0.2) is 40.4 Å². The average molecular weight is 590 g/mol. The van der Waals surface area contributed by atoms with Crippen LogP contribution in [0.3, 0.4) is 0 Å². The lowest BCUT2D eigenvalue weighted by atomic mass is 10.00. The summed E-state index contributed by atoms with van der Waals surface area (Å²) in [6.07, 6.45) is -0.0178. The Kier molecular flexibility index (Phi) is 10.7. The third kappa shape index (κ3) is 6.55. The number of nitrogens with one attached hydrogen (secondary N) is 1. The monoisotopic (exact) mass is 589 g/mol. The number of carbonyl (C=O) groups is 2. The number of methoxy groups -OCH3 is 1. The molecule has 0 saturated heterocycles. The number of benzene rings is 3. The van der Waals surface area contributed by atoms with Gasteiger partial charge < -0.3 is 20.1 Å². The van der Waals surface area contributed by atoms with Crippen molar-refractivity contribution >= 4 is 23.2 Å². The number of hydrogen-bond acceptors (Lipinski definition) is 6. The highest BCUT2D eigenvalue weighted by atomic mass is 19.3. The van der Waals surface area contributed by atoms with Crippen LogP contribution in [0.15, 0.2) is 79.0 Å². The van der Waals surface area contributed by atoms with Crippen LogP contribution in [0, 0.1) is 11.3 Å². The zero-order valence-corrected chi connectivity index (χ0v) is 24.5. The van der Waals surface area contributed by atoms with Gasteiger partial charge in [-0.1, -0.05) is 70.2 Å². The Balaban J connectivity index is 0.00000121. The number of aliphatic hydroxyl groups is 1. The summed E-state index contributed by atoms with van der Waals surface area (Å²) in [6, 6.07) is 18.8. The number of hydrogen-bond donors (Lipinski definition) is 2. The van der Waals surface area contributed by atoms with Crippen molar-refractivity contribution in [2.45, 2.75) is 39.8 Å². The first-order valence-electron chi connectivity index (χ1n) is 13.8. The van der Waals surface area contributed by atoms with Crippen LogP contribution in [0.1, 0.15) is 71.5 Å². The van der Waals surface area contributed by atoms with Gasteiger partial charge in [0.25, 0.3) is 17.7 Å². The van der Waals surface area contributed by atoms with Crippen molar-refractivity contribution in [3.8, 4) is 11.8 Å². The minimum absolute atomic E-state index is 0.0373. The van der Waals surface area contributed by atoms with Gasteiger partial charge in [-0.2, -0.15) is 19.1 Å². The Hall–Kier alpha value is -5.08. The first kappa shape index (κ1) is 32.4. The van der Waals surface area contributed by atoms with Gasteiger partial charge in [-0.25, -0.2) is 4.68 Å². The average Bonchev–Trinajstić information content (AvgIpc) is 3.49. The van der Waals surface area contributed by atoms with Crippen molar-refractivity contribution in [1.29, 1.82) is 5.26 Å². The number of halogens is 2. The molecule has 0 aliphatic carbocycles. The Morgan fingerprint density at radius 1 is 1.05 bits per heavy atom. The van der Waals surface area contributed by atoms with Gasteiger partial charge in [0.2, 0.25) is 0 Å². The summed E-state index contributed by atoms with van der Waals surface area (Å²) in [5.41, 5.74) is 0.112. The predicted molar refractivity (Wildman–Crippen MR) is 159 cm³/mol. The molecule has 1 aliphatic heterocycles. The minimum atomic E-state index is -3.24. The summed E-state index contributed by atoms with van der Waals surface area (Å²) in [4.78, 5) is 27.6. The number of rotatable bonds is 6. The van der Waals surface area contributed by atoms with Crippen LogP contribution in [0.5, 0.6) is 5.75 Å². The summed E-state index contributed by atoms with van der Waals surface area (Å²) in [7, 11) is 1.40. The van der Waals surface area contributed by atoms with Crippen LogP contribution in [0.25, 0.3) is 0 Å². The highest BCUT2D eigenvalue weighted by Crippen LogP contribution is 2.37. The number of ether oxygens (including phenoxy) is 1. The smallest absolute Gasteiger partial charge is 0.298 e.